The molecule has 0 aliphatic heterocycles. The molecule has 0 heterocycles. The fourth-order valence-corrected chi connectivity index (χ4v) is 1.06. The predicted octanol–water partition coefficient (Wildman–Crippen LogP) is 3.69. The van der Waals surface area contributed by atoms with E-state index in [1.54, 1.807) is 6.07 Å². The van der Waals surface area contributed by atoms with E-state index in [0.29, 0.717) is 5.02 Å². The summed E-state index contributed by atoms with van der Waals surface area (Å²) in [4.78, 5) is 0. The number of phenolic OH excluding ortho intramolecular Hbond substituents is 1. The van der Waals surface area contributed by atoms with Crippen molar-refractivity contribution in [2.45, 2.75) is 27.7 Å². The molecule has 0 atom stereocenters. The molecule has 0 aliphatic rings. The minimum atomic E-state index is 0.269. The van der Waals surface area contributed by atoms with Crippen LogP contribution in [-0.2, 0) is 0 Å². The SMILES string of the molecule is CC.Cc1cc(Cl)cc(O)c1C. The van der Waals surface area contributed by atoms with Crippen LogP contribution in [0.1, 0.15) is 25.0 Å². The number of aromatic hydroxyl groups is 1. The van der Waals surface area contributed by atoms with Crippen molar-refractivity contribution in [2.75, 3.05) is 0 Å². The van der Waals surface area contributed by atoms with Gasteiger partial charge >= 0.3 is 0 Å². The fourth-order valence-electron chi connectivity index (χ4n) is 0.798. The maximum Gasteiger partial charge on any atom is 0.120 e. The van der Waals surface area contributed by atoms with E-state index in [1.165, 1.54) is 0 Å². The van der Waals surface area contributed by atoms with Crippen LogP contribution >= 0.6 is 11.6 Å². The van der Waals surface area contributed by atoms with Gasteiger partial charge in [-0.3, -0.25) is 0 Å². The van der Waals surface area contributed by atoms with Gasteiger partial charge in [0.2, 0.25) is 0 Å². The van der Waals surface area contributed by atoms with Crippen LogP contribution < -0.4 is 0 Å². The van der Waals surface area contributed by atoms with E-state index in [1.807, 2.05) is 33.8 Å². The number of hydrogen-bond acceptors (Lipinski definition) is 1. The second kappa shape index (κ2) is 5.04. The molecule has 0 bridgehead atoms. The van der Waals surface area contributed by atoms with E-state index < -0.39 is 0 Å². The van der Waals surface area contributed by atoms with Crippen LogP contribution in [0.2, 0.25) is 5.02 Å². The van der Waals surface area contributed by atoms with Crippen LogP contribution in [0.5, 0.6) is 5.75 Å². The van der Waals surface area contributed by atoms with Gasteiger partial charge in [0.15, 0.2) is 0 Å². The molecule has 0 aromatic heterocycles. The van der Waals surface area contributed by atoms with Gasteiger partial charge in [-0.1, -0.05) is 25.4 Å². The Balaban J connectivity index is 0.000000561. The largest absolute Gasteiger partial charge is 0.508 e. The Morgan fingerprint density at radius 3 is 2.08 bits per heavy atom. The predicted molar refractivity (Wildman–Crippen MR) is 53.9 cm³/mol. The van der Waals surface area contributed by atoms with Crippen molar-refractivity contribution in [1.29, 1.82) is 0 Å². The maximum absolute atomic E-state index is 9.20. The van der Waals surface area contributed by atoms with Crippen LogP contribution in [0.25, 0.3) is 0 Å². The lowest BCUT2D eigenvalue weighted by atomic mass is 10.1. The summed E-state index contributed by atoms with van der Waals surface area (Å²) in [6.45, 7) is 7.78. The molecule has 0 radical (unpaired) electrons. The van der Waals surface area contributed by atoms with E-state index in [-0.39, 0.29) is 5.75 Å². The molecule has 1 aromatic carbocycles. The Kier molecular flexibility index (Phi) is 4.75. The molecule has 0 unspecified atom stereocenters. The molecule has 1 N–H and O–H groups in total. The third-order valence-electron chi connectivity index (χ3n) is 1.60. The van der Waals surface area contributed by atoms with Crippen LogP contribution in [0.15, 0.2) is 12.1 Å². The summed E-state index contributed by atoms with van der Waals surface area (Å²) in [6, 6.07) is 3.38. The number of benzene rings is 1. The first-order valence-corrected chi connectivity index (χ1v) is 4.45. The molecule has 68 valence electrons. The summed E-state index contributed by atoms with van der Waals surface area (Å²) in [6.07, 6.45) is 0. The van der Waals surface area contributed by atoms with Gasteiger partial charge in [0.1, 0.15) is 5.75 Å². The zero-order valence-electron chi connectivity index (χ0n) is 7.98. The normalized spacial score (nSPS) is 8.75. The summed E-state index contributed by atoms with van der Waals surface area (Å²) in [5.41, 5.74) is 1.91. The van der Waals surface area contributed by atoms with Crippen molar-refractivity contribution in [2.24, 2.45) is 0 Å². The molecule has 0 amide bonds. The lowest BCUT2D eigenvalue weighted by Crippen LogP contribution is -1.80. The number of phenols is 1. The highest BCUT2D eigenvalue weighted by Crippen LogP contribution is 2.24. The molecule has 2 heteroatoms. The van der Waals surface area contributed by atoms with Crippen molar-refractivity contribution in [3.8, 4) is 5.75 Å². The smallest absolute Gasteiger partial charge is 0.120 e. The van der Waals surface area contributed by atoms with Gasteiger partial charge in [-0.15, -0.1) is 0 Å². The van der Waals surface area contributed by atoms with Gasteiger partial charge in [-0.2, -0.15) is 0 Å². The fraction of sp³-hybridized carbons (Fsp3) is 0.400. The zero-order chi connectivity index (χ0) is 9.72. The number of hydrogen-bond donors (Lipinski definition) is 1. The second-order valence-corrected chi connectivity index (χ2v) is 2.80. The summed E-state index contributed by atoms with van der Waals surface area (Å²) in [5, 5.41) is 9.78. The highest BCUT2D eigenvalue weighted by Gasteiger charge is 1.99. The first-order valence-electron chi connectivity index (χ1n) is 4.07. The number of halogens is 1. The average Bonchev–Trinajstić information content (AvgIpc) is 2.04. The van der Waals surface area contributed by atoms with E-state index in [0.717, 1.165) is 11.1 Å². The molecular weight excluding hydrogens is 172 g/mol. The van der Waals surface area contributed by atoms with E-state index in [2.05, 4.69) is 0 Å². The van der Waals surface area contributed by atoms with E-state index in [4.69, 9.17) is 11.6 Å². The molecule has 1 aromatic rings. The topological polar surface area (TPSA) is 20.2 Å². The Morgan fingerprint density at radius 1 is 1.17 bits per heavy atom. The molecule has 0 saturated heterocycles. The minimum Gasteiger partial charge on any atom is -0.508 e. The molecular formula is C10H15ClO. The highest BCUT2D eigenvalue weighted by atomic mass is 35.5. The van der Waals surface area contributed by atoms with Crippen molar-refractivity contribution in [3.63, 3.8) is 0 Å². The first-order chi connectivity index (χ1) is 5.61. The van der Waals surface area contributed by atoms with E-state index in [9.17, 15) is 5.11 Å². The average molecular weight is 187 g/mol. The quantitative estimate of drug-likeness (QED) is 0.655. The standard InChI is InChI=1S/C8H9ClO.C2H6/c1-5-3-7(9)4-8(10)6(5)2;1-2/h3-4,10H,1-2H3;1-2H3. The summed E-state index contributed by atoms with van der Waals surface area (Å²) >= 11 is 5.66. The van der Waals surface area contributed by atoms with Gasteiger partial charge in [-0.05, 0) is 37.1 Å². The Bertz CT molecular complexity index is 233. The van der Waals surface area contributed by atoms with Gasteiger partial charge in [0.05, 0.1) is 0 Å². The maximum atomic E-state index is 9.20. The Labute approximate surface area is 79.0 Å². The lowest BCUT2D eigenvalue weighted by molar-refractivity contribution is 0.470. The second-order valence-electron chi connectivity index (χ2n) is 2.37. The number of rotatable bonds is 0. The van der Waals surface area contributed by atoms with Crippen molar-refractivity contribution >= 4 is 11.6 Å². The summed E-state index contributed by atoms with van der Waals surface area (Å²) < 4.78 is 0. The van der Waals surface area contributed by atoms with Gasteiger partial charge in [-0.25, -0.2) is 0 Å². The van der Waals surface area contributed by atoms with Gasteiger partial charge in [0, 0.05) is 5.02 Å². The molecule has 0 fully saturated rings. The molecule has 1 nitrogen and oxygen atoms in total. The monoisotopic (exact) mass is 186 g/mol. The summed E-state index contributed by atoms with van der Waals surface area (Å²) in [5.74, 6) is 0.269. The lowest BCUT2D eigenvalue weighted by Gasteiger charge is -2.02. The van der Waals surface area contributed by atoms with Crippen LogP contribution in [0.3, 0.4) is 0 Å². The van der Waals surface area contributed by atoms with Gasteiger partial charge < -0.3 is 5.11 Å². The number of aryl methyl sites for hydroxylation is 1. The van der Waals surface area contributed by atoms with Crippen molar-refractivity contribution < 1.29 is 5.11 Å². The summed E-state index contributed by atoms with van der Waals surface area (Å²) in [7, 11) is 0. The first kappa shape index (κ1) is 11.3. The Morgan fingerprint density at radius 2 is 1.67 bits per heavy atom. The molecule has 0 spiro atoms. The zero-order valence-corrected chi connectivity index (χ0v) is 8.74. The molecule has 0 aliphatic carbocycles. The van der Waals surface area contributed by atoms with Crippen LogP contribution in [-0.4, -0.2) is 5.11 Å². The van der Waals surface area contributed by atoms with E-state index >= 15 is 0 Å². The molecule has 12 heavy (non-hydrogen) atoms. The van der Waals surface area contributed by atoms with Crippen LogP contribution in [0, 0.1) is 13.8 Å². The van der Waals surface area contributed by atoms with Crippen LogP contribution in [0.4, 0.5) is 0 Å². The van der Waals surface area contributed by atoms with Crippen molar-refractivity contribution in [1.82, 2.24) is 0 Å². The Hall–Kier alpha value is -0.690. The third kappa shape index (κ3) is 2.74. The molecule has 0 saturated carbocycles. The van der Waals surface area contributed by atoms with Crippen molar-refractivity contribution in [3.05, 3.63) is 28.3 Å². The third-order valence-corrected chi connectivity index (χ3v) is 1.82. The van der Waals surface area contributed by atoms with Gasteiger partial charge in [0.25, 0.3) is 0 Å². The molecule has 1 rings (SSSR count). The highest BCUT2D eigenvalue weighted by molar-refractivity contribution is 6.30. The minimum absolute atomic E-state index is 0.269.